The fourth-order valence-electron chi connectivity index (χ4n) is 6.81. The van der Waals surface area contributed by atoms with E-state index in [0.717, 1.165) is 12.8 Å². The van der Waals surface area contributed by atoms with Gasteiger partial charge in [0.1, 0.15) is 6.10 Å². The summed E-state index contributed by atoms with van der Waals surface area (Å²) in [5, 5.41) is 0. The van der Waals surface area contributed by atoms with E-state index in [-0.39, 0.29) is 17.5 Å². The van der Waals surface area contributed by atoms with Crippen LogP contribution in [0.15, 0.2) is 16.9 Å². The van der Waals surface area contributed by atoms with Gasteiger partial charge in [-0.15, -0.1) is 0 Å². The first kappa shape index (κ1) is 16.2. The Morgan fingerprint density at radius 2 is 2.00 bits per heavy atom. The summed E-state index contributed by atoms with van der Waals surface area (Å²) in [7, 11) is 0. The van der Waals surface area contributed by atoms with Crippen LogP contribution >= 0.6 is 0 Å². The number of hydrogen-bond acceptors (Lipinski definition) is 3. The lowest BCUT2D eigenvalue weighted by Crippen LogP contribution is -2.57. The smallest absolute Gasteiger partial charge is 0.302 e. The minimum atomic E-state index is -0.128. The summed E-state index contributed by atoms with van der Waals surface area (Å²) >= 11 is 0. The van der Waals surface area contributed by atoms with Crippen molar-refractivity contribution in [2.75, 3.05) is 0 Å². The number of aryl methyl sites for hydroxylation is 1. The molecule has 132 valence electrons. The number of carbonyl (C=O) groups is 1. The Labute approximate surface area is 145 Å². The molecule has 1 aromatic rings. The van der Waals surface area contributed by atoms with Gasteiger partial charge >= 0.3 is 5.97 Å². The molecule has 0 N–H and O–H groups in total. The van der Waals surface area contributed by atoms with E-state index in [9.17, 15) is 4.79 Å². The number of furan rings is 1. The van der Waals surface area contributed by atoms with Gasteiger partial charge < -0.3 is 9.15 Å². The first-order valence-electron chi connectivity index (χ1n) is 9.59. The second-order valence-corrected chi connectivity index (χ2v) is 9.02. The molecule has 0 bridgehead atoms. The van der Waals surface area contributed by atoms with E-state index in [4.69, 9.17) is 9.15 Å². The van der Waals surface area contributed by atoms with Crippen molar-refractivity contribution in [2.45, 2.75) is 77.7 Å². The molecule has 3 heteroatoms. The Balaban J connectivity index is 1.66. The Kier molecular flexibility index (Phi) is 3.63. The van der Waals surface area contributed by atoms with E-state index in [1.54, 1.807) is 6.92 Å². The summed E-state index contributed by atoms with van der Waals surface area (Å²) in [6.45, 7) is 8.84. The van der Waals surface area contributed by atoms with Crippen LogP contribution in [-0.4, -0.2) is 12.1 Å². The molecule has 24 heavy (non-hydrogen) atoms. The van der Waals surface area contributed by atoms with Gasteiger partial charge in [0.2, 0.25) is 0 Å². The quantitative estimate of drug-likeness (QED) is 0.689. The number of ether oxygens (including phenoxy) is 1. The average Bonchev–Trinajstić information content (AvgIpc) is 3.00. The third-order valence-corrected chi connectivity index (χ3v) is 7.95. The second kappa shape index (κ2) is 5.37. The predicted octanol–water partition coefficient (Wildman–Crippen LogP) is 4.88. The molecule has 0 saturated heterocycles. The molecule has 4 rings (SSSR count). The van der Waals surface area contributed by atoms with E-state index < -0.39 is 0 Å². The largest absolute Gasteiger partial charge is 0.472 e. The van der Waals surface area contributed by atoms with Gasteiger partial charge in [0.05, 0.1) is 12.5 Å². The van der Waals surface area contributed by atoms with Gasteiger partial charge in [0, 0.05) is 6.92 Å². The molecular weight excluding hydrogens is 300 g/mol. The fourth-order valence-corrected chi connectivity index (χ4v) is 6.81. The van der Waals surface area contributed by atoms with Crippen LogP contribution in [0.1, 0.15) is 70.9 Å². The molecule has 0 amide bonds. The summed E-state index contributed by atoms with van der Waals surface area (Å²) in [6, 6.07) is 0. The van der Waals surface area contributed by atoms with E-state index in [0.29, 0.717) is 23.2 Å². The van der Waals surface area contributed by atoms with Crippen LogP contribution in [0.5, 0.6) is 0 Å². The van der Waals surface area contributed by atoms with E-state index in [1.807, 2.05) is 12.5 Å². The van der Waals surface area contributed by atoms with Crippen molar-refractivity contribution >= 4 is 5.97 Å². The summed E-state index contributed by atoms with van der Waals surface area (Å²) in [6.07, 6.45) is 11.1. The zero-order valence-corrected chi connectivity index (χ0v) is 15.4. The normalized spacial score (nSPS) is 44.2. The van der Waals surface area contributed by atoms with Gasteiger partial charge in [-0.3, -0.25) is 4.79 Å². The molecule has 3 aliphatic carbocycles. The Morgan fingerprint density at radius 1 is 1.21 bits per heavy atom. The van der Waals surface area contributed by atoms with Gasteiger partial charge in [-0.2, -0.15) is 0 Å². The Hall–Kier alpha value is -1.25. The monoisotopic (exact) mass is 330 g/mol. The molecule has 6 atom stereocenters. The maximum absolute atomic E-state index is 11.5. The van der Waals surface area contributed by atoms with Gasteiger partial charge in [-0.25, -0.2) is 0 Å². The summed E-state index contributed by atoms with van der Waals surface area (Å²) in [4.78, 5) is 11.5. The first-order valence-corrected chi connectivity index (χ1v) is 9.59. The van der Waals surface area contributed by atoms with Crippen LogP contribution in [0.3, 0.4) is 0 Å². The maximum atomic E-state index is 11.5. The third kappa shape index (κ3) is 2.12. The highest BCUT2D eigenvalue weighted by Gasteiger charge is 2.59. The van der Waals surface area contributed by atoms with Crippen molar-refractivity contribution in [3.63, 3.8) is 0 Å². The summed E-state index contributed by atoms with van der Waals surface area (Å²) < 4.78 is 11.2. The van der Waals surface area contributed by atoms with Gasteiger partial charge in [0.25, 0.3) is 0 Å². The predicted molar refractivity (Wildman–Crippen MR) is 92.7 cm³/mol. The SMILES string of the molecule is CC(=O)O[C@H]1CC[C@@]2(C)C(CC[C@@]3(C)c4cocc4CCC23)[C@@H]1C. The van der Waals surface area contributed by atoms with Gasteiger partial charge in [-0.1, -0.05) is 20.8 Å². The molecule has 3 nitrogen and oxygen atoms in total. The lowest BCUT2D eigenvalue weighted by Gasteiger charge is -2.62. The fraction of sp³-hybridized carbons (Fsp3) is 0.762. The molecule has 0 radical (unpaired) electrons. The average molecular weight is 330 g/mol. The molecule has 0 aliphatic heterocycles. The minimum absolute atomic E-state index is 0.109. The van der Waals surface area contributed by atoms with Crippen LogP contribution in [0.25, 0.3) is 0 Å². The van der Waals surface area contributed by atoms with Crippen molar-refractivity contribution in [3.8, 4) is 0 Å². The zero-order chi connectivity index (χ0) is 17.1. The van der Waals surface area contributed by atoms with E-state index >= 15 is 0 Å². The zero-order valence-electron chi connectivity index (χ0n) is 15.4. The van der Waals surface area contributed by atoms with Gasteiger partial charge in [-0.05, 0) is 78.2 Å². The molecule has 2 saturated carbocycles. The minimum Gasteiger partial charge on any atom is -0.472 e. The van der Waals surface area contributed by atoms with Gasteiger partial charge in [0.15, 0.2) is 0 Å². The molecule has 2 unspecified atom stereocenters. The molecule has 0 aromatic carbocycles. The standard InChI is InChI=1S/C21H30O3/c1-13-16-7-9-21(4)17-12-23-11-15(17)5-6-19(21)20(16,3)10-8-18(13)24-14(2)22/h11-13,16,18-19H,5-10H2,1-4H3/t13-,16?,18-,19?,20-,21-/m0/s1. The molecule has 1 aromatic heterocycles. The Bertz CT molecular complexity index is 647. The van der Waals surface area contributed by atoms with Crippen LogP contribution in [0, 0.1) is 23.2 Å². The number of hydrogen-bond donors (Lipinski definition) is 0. The third-order valence-electron chi connectivity index (χ3n) is 7.95. The van der Waals surface area contributed by atoms with E-state index in [1.165, 1.54) is 36.8 Å². The van der Waals surface area contributed by atoms with Crippen LogP contribution in [-0.2, 0) is 21.4 Å². The van der Waals surface area contributed by atoms with Crippen molar-refractivity contribution in [2.24, 2.45) is 23.2 Å². The van der Waals surface area contributed by atoms with E-state index in [2.05, 4.69) is 20.8 Å². The maximum Gasteiger partial charge on any atom is 0.302 e. The number of esters is 1. The Morgan fingerprint density at radius 3 is 2.75 bits per heavy atom. The van der Waals surface area contributed by atoms with Crippen LogP contribution in [0.4, 0.5) is 0 Å². The summed E-state index contributed by atoms with van der Waals surface area (Å²) in [5.41, 5.74) is 3.49. The lowest BCUT2D eigenvalue weighted by molar-refractivity contribution is -0.165. The van der Waals surface area contributed by atoms with Crippen LogP contribution in [0.2, 0.25) is 0 Å². The molecular formula is C21H30O3. The molecule has 2 fully saturated rings. The molecule has 0 spiro atoms. The van der Waals surface area contributed by atoms with Crippen molar-refractivity contribution in [1.29, 1.82) is 0 Å². The van der Waals surface area contributed by atoms with Crippen LogP contribution < -0.4 is 0 Å². The number of fused-ring (bicyclic) bond motifs is 5. The number of rotatable bonds is 1. The second-order valence-electron chi connectivity index (χ2n) is 9.02. The van der Waals surface area contributed by atoms with Crippen molar-refractivity contribution in [1.82, 2.24) is 0 Å². The highest BCUT2D eigenvalue weighted by Crippen LogP contribution is 2.64. The first-order chi connectivity index (χ1) is 11.4. The highest BCUT2D eigenvalue weighted by atomic mass is 16.5. The topological polar surface area (TPSA) is 39.4 Å². The lowest BCUT2D eigenvalue weighted by atomic mass is 9.43. The molecule has 3 aliphatic rings. The highest BCUT2D eigenvalue weighted by molar-refractivity contribution is 5.66. The summed E-state index contributed by atoms with van der Waals surface area (Å²) in [5.74, 6) is 1.69. The van der Waals surface area contributed by atoms with Crippen molar-refractivity contribution < 1.29 is 13.9 Å². The van der Waals surface area contributed by atoms with Crippen molar-refractivity contribution in [3.05, 3.63) is 23.7 Å². The molecule has 1 heterocycles. The number of carbonyl (C=O) groups excluding carboxylic acids is 1.